The van der Waals surface area contributed by atoms with Gasteiger partial charge in [-0.2, -0.15) is 0 Å². The number of halogens is 2. The van der Waals surface area contributed by atoms with Crippen molar-refractivity contribution in [2.45, 2.75) is 25.8 Å². The minimum absolute atomic E-state index is 0.174. The van der Waals surface area contributed by atoms with Crippen LogP contribution in [0.15, 0.2) is 35.3 Å². The molecule has 0 aromatic heterocycles. The standard InChI is InChI=1S/C13H17BrFN/c1-3-5-6-13(16-4-2)11-9-10(15)7-8-12(11)14/h3,7-9,13,16H,1,4-6H2,2H3. The van der Waals surface area contributed by atoms with Crippen molar-refractivity contribution >= 4 is 15.9 Å². The summed E-state index contributed by atoms with van der Waals surface area (Å²) < 4.78 is 14.1. The number of hydrogen-bond acceptors (Lipinski definition) is 1. The van der Waals surface area contributed by atoms with Crippen molar-refractivity contribution in [2.24, 2.45) is 0 Å². The Morgan fingerprint density at radius 3 is 2.94 bits per heavy atom. The summed E-state index contributed by atoms with van der Waals surface area (Å²) in [6.07, 6.45) is 3.73. The molecule has 1 unspecified atom stereocenters. The summed E-state index contributed by atoms with van der Waals surface area (Å²) in [5.74, 6) is -0.195. The molecule has 88 valence electrons. The first kappa shape index (κ1) is 13.4. The van der Waals surface area contributed by atoms with Crippen LogP contribution in [0.1, 0.15) is 31.4 Å². The second-order valence-electron chi connectivity index (χ2n) is 3.64. The lowest BCUT2D eigenvalue weighted by Crippen LogP contribution is -2.21. The van der Waals surface area contributed by atoms with Gasteiger partial charge in [-0.25, -0.2) is 4.39 Å². The molecular formula is C13H17BrFN. The first-order chi connectivity index (χ1) is 7.69. The van der Waals surface area contributed by atoms with Crippen molar-refractivity contribution in [1.82, 2.24) is 5.32 Å². The lowest BCUT2D eigenvalue weighted by atomic mass is 10.0. The minimum Gasteiger partial charge on any atom is -0.310 e. The smallest absolute Gasteiger partial charge is 0.123 e. The Bertz CT molecular complexity index is 352. The molecule has 1 nitrogen and oxygen atoms in total. The van der Waals surface area contributed by atoms with E-state index in [1.807, 2.05) is 13.0 Å². The first-order valence-electron chi connectivity index (χ1n) is 5.48. The summed E-state index contributed by atoms with van der Waals surface area (Å²) in [5.41, 5.74) is 0.976. The average Bonchev–Trinajstić information content (AvgIpc) is 2.28. The van der Waals surface area contributed by atoms with Crippen LogP contribution in [0.5, 0.6) is 0 Å². The Labute approximate surface area is 105 Å². The van der Waals surface area contributed by atoms with Gasteiger partial charge in [-0.3, -0.25) is 0 Å². The molecule has 0 amide bonds. The Morgan fingerprint density at radius 2 is 2.31 bits per heavy atom. The highest BCUT2D eigenvalue weighted by Crippen LogP contribution is 2.27. The summed E-state index contributed by atoms with van der Waals surface area (Å²) >= 11 is 3.46. The van der Waals surface area contributed by atoms with Crippen molar-refractivity contribution < 1.29 is 4.39 Å². The molecule has 0 fully saturated rings. The van der Waals surface area contributed by atoms with Crippen LogP contribution in [-0.2, 0) is 0 Å². The zero-order chi connectivity index (χ0) is 12.0. The SMILES string of the molecule is C=CCCC(NCC)c1cc(F)ccc1Br. The fraction of sp³-hybridized carbons (Fsp3) is 0.385. The number of hydrogen-bond donors (Lipinski definition) is 1. The van der Waals surface area contributed by atoms with Gasteiger partial charge < -0.3 is 5.32 Å². The lowest BCUT2D eigenvalue weighted by molar-refractivity contribution is 0.513. The summed E-state index contributed by atoms with van der Waals surface area (Å²) in [4.78, 5) is 0. The summed E-state index contributed by atoms with van der Waals surface area (Å²) in [5, 5.41) is 3.36. The van der Waals surface area contributed by atoms with E-state index >= 15 is 0 Å². The van der Waals surface area contributed by atoms with Crippen molar-refractivity contribution in [3.8, 4) is 0 Å². The summed E-state index contributed by atoms with van der Waals surface area (Å²) in [6.45, 7) is 6.63. The summed E-state index contributed by atoms with van der Waals surface area (Å²) in [6, 6.07) is 4.97. The van der Waals surface area contributed by atoms with Gasteiger partial charge in [-0.05, 0) is 43.1 Å². The van der Waals surface area contributed by atoms with Crippen LogP contribution in [0, 0.1) is 5.82 Å². The predicted octanol–water partition coefficient (Wildman–Crippen LogP) is 4.21. The molecule has 1 aromatic rings. The molecule has 1 rings (SSSR count). The molecule has 0 spiro atoms. The van der Waals surface area contributed by atoms with Crippen molar-refractivity contribution in [3.63, 3.8) is 0 Å². The molecule has 0 heterocycles. The molecule has 0 aliphatic carbocycles. The van der Waals surface area contributed by atoms with Crippen molar-refractivity contribution in [3.05, 3.63) is 46.7 Å². The van der Waals surface area contributed by atoms with Gasteiger partial charge in [0.05, 0.1) is 0 Å². The second kappa shape index (κ2) is 6.81. The minimum atomic E-state index is -0.195. The Balaban J connectivity index is 2.89. The third kappa shape index (κ3) is 3.72. The fourth-order valence-electron chi connectivity index (χ4n) is 1.68. The van der Waals surface area contributed by atoms with Crippen molar-refractivity contribution in [2.75, 3.05) is 6.54 Å². The van der Waals surface area contributed by atoms with E-state index in [0.717, 1.165) is 29.4 Å². The maximum absolute atomic E-state index is 13.2. The molecular weight excluding hydrogens is 269 g/mol. The van der Waals surface area contributed by atoms with Gasteiger partial charge in [0.15, 0.2) is 0 Å². The van der Waals surface area contributed by atoms with E-state index in [1.54, 1.807) is 12.1 Å². The Hall–Kier alpha value is -0.670. The van der Waals surface area contributed by atoms with Crippen LogP contribution in [-0.4, -0.2) is 6.54 Å². The van der Waals surface area contributed by atoms with E-state index < -0.39 is 0 Å². The highest BCUT2D eigenvalue weighted by atomic mass is 79.9. The molecule has 0 saturated carbocycles. The van der Waals surface area contributed by atoms with Crippen LogP contribution in [0.2, 0.25) is 0 Å². The molecule has 0 bridgehead atoms. The van der Waals surface area contributed by atoms with Crippen LogP contribution in [0.25, 0.3) is 0 Å². The number of allylic oxidation sites excluding steroid dienone is 1. The molecule has 1 aromatic carbocycles. The predicted molar refractivity (Wildman–Crippen MR) is 69.9 cm³/mol. The molecule has 16 heavy (non-hydrogen) atoms. The zero-order valence-corrected chi connectivity index (χ0v) is 11.1. The normalized spacial score (nSPS) is 12.4. The molecule has 1 atom stereocenters. The monoisotopic (exact) mass is 285 g/mol. The average molecular weight is 286 g/mol. The third-order valence-corrected chi connectivity index (χ3v) is 3.17. The highest BCUT2D eigenvalue weighted by molar-refractivity contribution is 9.10. The van der Waals surface area contributed by atoms with E-state index in [-0.39, 0.29) is 11.9 Å². The van der Waals surface area contributed by atoms with E-state index in [2.05, 4.69) is 27.8 Å². The molecule has 0 radical (unpaired) electrons. The Kier molecular flexibility index (Phi) is 5.71. The van der Waals surface area contributed by atoms with Gasteiger partial charge >= 0.3 is 0 Å². The highest BCUT2D eigenvalue weighted by Gasteiger charge is 2.13. The Morgan fingerprint density at radius 1 is 1.56 bits per heavy atom. The molecule has 0 aliphatic heterocycles. The molecule has 3 heteroatoms. The maximum atomic E-state index is 13.2. The molecule has 1 N–H and O–H groups in total. The van der Waals surface area contributed by atoms with E-state index in [9.17, 15) is 4.39 Å². The van der Waals surface area contributed by atoms with Crippen LogP contribution in [0.4, 0.5) is 4.39 Å². The third-order valence-electron chi connectivity index (χ3n) is 2.44. The first-order valence-corrected chi connectivity index (χ1v) is 6.27. The molecule has 0 aliphatic rings. The van der Waals surface area contributed by atoms with Gasteiger partial charge in [0.1, 0.15) is 5.82 Å². The summed E-state index contributed by atoms with van der Waals surface area (Å²) in [7, 11) is 0. The number of nitrogens with one attached hydrogen (secondary N) is 1. The zero-order valence-electron chi connectivity index (χ0n) is 9.47. The van der Waals surface area contributed by atoms with Gasteiger partial charge in [0.2, 0.25) is 0 Å². The fourth-order valence-corrected chi connectivity index (χ4v) is 2.20. The van der Waals surface area contributed by atoms with Crippen LogP contribution >= 0.6 is 15.9 Å². The lowest BCUT2D eigenvalue weighted by Gasteiger charge is -2.19. The van der Waals surface area contributed by atoms with E-state index in [4.69, 9.17) is 0 Å². The van der Waals surface area contributed by atoms with Gasteiger partial charge in [0.25, 0.3) is 0 Å². The van der Waals surface area contributed by atoms with Crippen molar-refractivity contribution in [1.29, 1.82) is 0 Å². The van der Waals surface area contributed by atoms with Gasteiger partial charge in [-0.1, -0.05) is 28.9 Å². The quantitative estimate of drug-likeness (QED) is 0.773. The second-order valence-corrected chi connectivity index (χ2v) is 4.50. The maximum Gasteiger partial charge on any atom is 0.123 e. The van der Waals surface area contributed by atoms with E-state index in [1.165, 1.54) is 6.07 Å². The van der Waals surface area contributed by atoms with Crippen LogP contribution in [0.3, 0.4) is 0 Å². The number of rotatable bonds is 6. The topological polar surface area (TPSA) is 12.0 Å². The largest absolute Gasteiger partial charge is 0.310 e. The molecule has 0 saturated heterocycles. The number of benzene rings is 1. The van der Waals surface area contributed by atoms with E-state index in [0.29, 0.717) is 0 Å². The van der Waals surface area contributed by atoms with Gasteiger partial charge in [0, 0.05) is 10.5 Å². The van der Waals surface area contributed by atoms with Gasteiger partial charge in [-0.15, -0.1) is 6.58 Å². The van der Waals surface area contributed by atoms with Crippen LogP contribution < -0.4 is 5.32 Å².